The number of thioether (sulfide) groups is 1. The molecule has 2 aliphatic heterocycles. The number of hydrogen-bond acceptors (Lipinski definition) is 6. The number of aryl methyl sites for hydroxylation is 1. The van der Waals surface area contributed by atoms with Crippen molar-refractivity contribution in [2.24, 2.45) is 4.99 Å². The maximum Gasteiger partial charge on any atom is 0.338 e. The summed E-state index contributed by atoms with van der Waals surface area (Å²) in [6.45, 7) is 6.41. The summed E-state index contributed by atoms with van der Waals surface area (Å²) in [6, 6.07) is 17.5. The van der Waals surface area contributed by atoms with Crippen LogP contribution in [0.5, 0.6) is 0 Å². The molecule has 0 saturated heterocycles. The molecule has 2 aromatic rings. The van der Waals surface area contributed by atoms with Crippen molar-refractivity contribution < 1.29 is 14.3 Å². The minimum Gasteiger partial charge on any atom is -0.463 e. The van der Waals surface area contributed by atoms with Gasteiger partial charge in [0.15, 0.2) is 5.17 Å². The van der Waals surface area contributed by atoms with E-state index in [2.05, 4.69) is 10.3 Å². The third kappa shape index (κ3) is 5.03. The summed E-state index contributed by atoms with van der Waals surface area (Å²) in [6.07, 6.45) is 0.191. The molecule has 1 amide bonds. The Morgan fingerprint density at radius 1 is 1.09 bits per heavy atom. The van der Waals surface area contributed by atoms with Crippen LogP contribution >= 0.6 is 11.8 Å². The molecule has 6 nitrogen and oxygen atoms in total. The lowest BCUT2D eigenvalue weighted by Gasteiger charge is -2.36. The van der Waals surface area contributed by atoms with E-state index in [1.54, 1.807) is 6.92 Å². The summed E-state index contributed by atoms with van der Waals surface area (Å²) in [7, 11) is 0. The number of allylic oxidation sites excluding steroid dienone is 1. The molecule has 0 saturated carbocycles. The van der Waals surface area contributed by atoms with Gasteiger partial charge in [-0.15, -0.1) is 0 Å². The molecule has 1 unspecified atom stereocenters. The SMILES string of the molecule is CCOC(=O)C1=C(C)N=C2SC=C(CC(=O)NCc3ccccc3)N2C1c1ccc(C)cc1. The summed E-state index contributed by atoms with van der Waals surface area (Å²) >= 11 is 1.47. The largest absolute Gasteiger partial charge is 0.463 e. The van der Waals surface area contributed by atoms with E-state index in [0.29, 0.717) is 17.8 Å². The molecule has 170 valence electrons. The molecule has 2 aliphatic rings. The first kappa shape index (κ1) is 22.9. The van der Waals surface area contributed by atoms with Gasteiger partial charge in [-0.3, -0.25) is 4.79 Å². The van der Waals surface area contributed by atoms with Gasteiger partial charge in [-0.25, -0.2) is 9.79 Å². The van der Waals surface area contributed by atoms with Crippen LogP contribution in [0.25, 0.3) is 0 Å². The van der Waals surface area contributed by atoms with Crippen LogP contribution in [-0.2, 0) is 20.9 Å². The molecule has 0 aliphatic carbocycles. The van der Waals surface area contributed by atoms with Crippen LogP contribution in [0.1, 0.15) is 43.0 Å². The molecule has 1 atom stereocenters. The molecule has 0 bridgehead atoms. The fraction of sp³-hybridized carbons (Fsp3) is 0.269. The number of nitrogens with one attached hydrogen (secondary N) is 1. The maximum atomic E-state index is 13.0. The summed E-state index contributed by atoms with van der Waals surface area (Å²) in [4.78, 5) is 32.4. The molecule has 2 heterocycles. The minimum atomic E-state index is -0.402. The van der Waals surface area contributed by atoms with Gasteiger partial charge in [0.05, 0.1) is 30.3 Å². The second kappa shape index (κ2) is 10.1. The molecule has 33 heavy (non-hydrogen) atoms. The fourth-order valence-corrected chi connectivity index (χ4v) is 4.89. The third-order valence-electron chi connectivity index (χ3n) is 5.56. The second-order valence-corrected chi connectivity index (χ2v) is 8.80. The number of amides is 1. The van der Waals surface area contributed by atoms with Crippen molar-refractivity contribution >= 4 is 28.8 Å². The highest BCUT2D eigenvalue weighted by Crippen LogP contribution is 2.44. The highest BCUT2D eigenvalue weighted by molar-refractivity contribution is 8.16. The molecular weight excluding hydrogens is 434 g/mol. The smallest absolute Gasteiger partial charge is 0.338 e. The van der Waals surface area contributed by atoms with Crippen LogP contribution in [-0.4, -0.2) is 28.6 Å². The Kier molecular flexibility index (Phi) is 6.99. The van der Waals surface area contributed by atoms with Crippen molar-refractivity contribution in [2.75, 3.05) is 6.61 Å². The van der Waals surface area contributed by atoms with E-state index in [4.69, 9.17) is 4.74 Å². The highest BCUT2D eigenvalue weighted by Gasteiger charge is 2.41. The zero-order valence-electron chi connectivity index (χ0n) is 19.0. The number of aliphatic imine (C=N–C) groups is 1. The van der Waals surface area contributed by atoms with Gasteiger partial charge in [-0.05, 0) is 37.3 Å². The average molecular weight is 462 g/mol. The predicted molar refractivity (Wildman–Crippen MR) is 131 cm³/mol. The van der Waals surface area contributed by atoms with E-state index in [0.717, 1.165) is 27.6 Å². The third-order valence-corrected chi connectivity index (χ3v) is 6.45. The van der Waals surface area contributed by atoms with Crippen molar-refractivity contribution in [1.29, 1.82) is 0 Å². The lowest BCUT2D eigenvalue weighted by atomic mass is 9.93. The molecule has 4 rings (SSSR count). The summed E-state index contributed by atoms with van der Waals surface area (Å²) < 4.78 is 5.38. The van der Waals surface area contributed by atoms with Gasteiger partial charge in [0, 0.05) is 12.2 Å². The zero-order valence-corrected chi connectivity index (χ0v) is 19.8. The van der Waals surface area contributed by atoms with E-state index in [-0.39, 0.29) is 24.9 Å². The zero-order chi connectivity index (χ0) is 23.4. The molecule has 7 heteroatoms. The van der Waals surface area contributed by atoms with Gasteiger partial charge < -0.3 is 15.0 Å². The predicted octanol–water partition coefficient (Wildman–Crippen LogP) is 4.84. The van der Waals surface area contributed by atoms with E-state index >= 15 is 0 Å². The quantitative estimate of drug-likeness (QED) is 0.598. The number of rotatable bonds is 7. The van der Waals surface area contributed by atoms with E-state index in [1.165, 1.54) is 11.8 Å². The van der Waals surface area contributed by atoms with Crippen molar-refractivity contribution in [2.45, 2.75) is 39.8 Å². The monoisotopic (exact) mass is 461 g/mol. The van der Waals surface area contributed by atoms with Crippen LogP contribution in [0.2, 0.25) is 0 Å². The Morgan fingerprint density at radius 2 is 1.82 bits per heavy atom. The lowest BCUT2D eigenvalue weighted by molar-refractivity contribution is -0.139. The van der Waals surface area contributed by atoms with Gasteiger partial charge in [-0.1, -0.05) is 71.9 Å². The van der Waals surface area contributed by atoms with Crippen LogP contribution in [0.15, 0.2) is 82.0 Å². The van der Waals surface area contributed by atoms with Crippen LogP contribution in [0.3, 0.4) is 0 Å². The van der Waals surface area contributed by atoms with Crippen molar-refractivity contribution in [3.05, 3.63) is 93.7 Å². The average Bonchev–Trinajstić information content (AvgIpc) is 3.20. The molecule has 0 aromatic heterocycles. The molecule has 2 aromatic carbocycles. The number of amidine groups is 1. The molecule has 0 radical (unpaired) electrons. The Morgan fingerprint density at radius 3 is 2.52 bits per heavy atom. The van der Waals surface area contributed by atoms with E-state index in [9.17, 15) is 9.59 Å². The van der Waals surface area contributed by atoms with Gasteiger partial charge in [0.25, 0.3) is 0 Å². The number of hydrogen-bond donors (Lipinski definition) is 1. The Bertz CT molecular complexity index is 1140. The number of fused-ring (bicyclic) bond motifs is 1. The molecule has 1 N–H and O–H groups in total. The first-order valence-electron chi connectivity index (χ1n) is 11.0. The minimum absolute atomic E-state index is 0.0847. The summed E-state index contributed by atoms with van der Waals surface area (Å²) in [5.41, 5.74) is 5.08. The van der Waals surface area contributed by atoms with Gasteiger partial charge in [0.2, 0.25) is 5.91 Å². The Labute approximate surface area is 198 Å². The standard InChI is InChI=1S/C26H27N3O3S/c1-4-32-25(31)23-18(3)28-26-29(24(23)20-12-10-17(2)11-13-20)21(16-33-26)14-22(30)27-15-19-8-6-5-7-9-19/h5-13,16,24H,4,14-15H2,1-3H3,(H,27,30). The van der Waals surface area contributed by atoms with Crippen molar-refractivity contribution in [1.82, 2.24) is 10.2 Å². The first-order chi connectivity index (χ1) is 16.0. The molecular formula is C26H27N3O3S. The number of ether oxygens (including phenoxy) is 1. The molecule has 0 fully saturated rings. The highest BCUT2D eigenvalue weighted by atomic mass is 32.2. The van der Waals surface area contributed by atoms with Crippen molar-refractivity contribution in [3.8, 4) is 0 Å². The fourth-order valence-electron chi connectivity index (χ4n) is 3.93. The number of nitrogens with zero attached hydrogens (tertiary/aromatic N) is 2. The topological polar surface area (TPSA) is 71.0 Å². The van der Waals surface area contributed by atoms with Crippen LogP contribution in [0.4, 0.5) is 0 Å². The number of esters is 1. The first-order valence-corrected chi connectivity index (χ1v) is 11.8. The van der Waals surface area contributed by atoms with Crippen molar-refractivity contribution in [3.63, 3.8) is 0 Å². The molecule has 0 spiro atoms. The van der Waals surface area contributed by atoms with E-state index in [1.807, 2.05) is 78.8 Å². The number of carbonyl (C=O) groups is 2. The maximum absolute atomic E-state index is 13.0. The Balaban J connectivity index is 1.60. The van der Waals surface area contributed by atoms with E-state index < -0.39 is 6.04 Å². The summed E-state index contributed by atoms with van der Waals surface area (Å²) in [5.74, 6) is -0.466. The van der Waals surface area contributed by atoms with Gasteiger partial charge >= 0.3 is 5.97 Å². The number of carbonyl (C=O) groups excluding carboxylic acids is 2. The van der Waals surface area contributed by atoms with Gasteiger partial charge in [-0.2, -0.15) is 0 Å². The Hall–Kier alpha value is -3.32. The normalized spacial score (nSPS) is 17.3. The van der Waals surface area contributed by atoms with Gasteiger partial charge in [0.1, 0.15) is 0 Å². The summed E-state index contributed by atoms with van der Waals surface area (Å²) in [5, 5.41) is 5.70. The van der Waals surface area contributed by atoms with Crippen LogP contribution in [0, 0.1) is 6.92 Å². The lowest BCUT2D eigenvalue weighted by Crippen LogP contribution is -2.38. The van der Waals surface area contributed by atoms with Crippen LogP contribution < -0.4 is 5.32 Å². The number of benzene rings is 2. The second-order valence-electron chi connectivity index (χ2n) is 7.96.